The number of thioether (sulfide) groups is 1. The summed E-state index contributed by atoms with van der Waals surface area (Å²) in [5, 5.41) is 3.80. The van der Waals surface area contributed by atoms with Gasteiger partial charge in [0.2, 0.25) is 5.91 Å². The molecule has 0 aliphatic rings. The van der Waals surface area contributed by atoms with Crippen LogP contribution in [0.2, 0.25) is 5.02 Å². The molecule has 0 atom stereocenters. The standard InChI is InChI=1S/C14H11ClN2O3S/c15-9-3-4-12-11(6-9)17-14(20-12)21-8-13(18)16-7-10-2-1-5-19-10/h1-6H,7-8H2,(H,16,18). The monoisotopic (exact) mass is 322 g/mol. The lowest BCUT2D eigenvalue weighted by molar-refractivity contribution is -0.118. The zero-order valence-corrected chi connectivity index (χ0v) is 12.4. The number of carbonyl (C=O) groups is 1. The molecule has 3 aromatic rings. The summed E-state index contributed by atoms with van der Waals surface area (Å²) < 4.78 is 10.7. The molecule has 0 aliphatic carbocycles. The molecule has 2 aromatic heterocycles. The van der Waals surface area contributed by atoms with Crippen LogP contribution in [0.3, 0.4) is 0 Å². The Morgan fingerprint density at radius 1 is 1.38 bits per heavy atom. The first-order chi connectivity index (χ1) is 10.2. The van der Waals surface area contributed by atoms with Crippen LogP contribution < -0.4 is 5.32 Å². The quantitative estimate of drug-likeness (QED) is 0.728. The fourth-order valence-corrected chi connectivity index (χ4v) is 2.55. The van der Waals surface area contributed by atoms with Crippen LogP contribution in [0.5, 0.6) is 0 Å². The van der Waals surface area contributed by atoms with E-state index in [0.717, 1.165) is 0 Å². The zero-order valence-electron chi connectivity index (χ0n) is 10.8. The molecule has 0 aliphatic heterocycles. The average Bonchev–Trinajstić information content (AvgIpc) is 3.11. The van der Waals surface area contributed by atoms with Gasteiger partial charge in [-0.1, -0.05) is 23.4 Å². The highest BCUT2D eigenvalue weighted by atomic mass is 35.5. The Balaban J connectivity index is 1.54. The van der Waals surface area contributed by atoms with Crippen LogP contribution >= 0.6 is 23.4 Å². The van der Waals surface area contributed by atoms with Gasteiger partial charge in [0.05, 0.1) is 18.6 Å². The molecule has 21 heavy (non-hydrogen) atoms. The summed E-state index contributed by atoms with van der Waals surface area (Å²) in [6, 6.07) is 8.80. The number of amides is 1. The van der Waals surface area contributed by atoms with Gasteiger partial charge < -0.3 is 14.2 Å². The normalized spacial score (nSPS) is 10.9. The molecule has 7 heteroatoms. The highest BCUT2D eigenvalue weighted by Crippen LogP contribution is 2.25. The second-order valence-corrected chi connectivity index (χ2v) is 5.60. The molecule has 5 nitrogen and oxygen atoms in total. The summed E-state index contributed by atoms with van der Waals surface area (Å²) in [5.41, 5.74) is 1.33. The van der Waals surface area contributed by atoms with Crippen molar-refractivity contribution >= 4 is 40.4 Å². The van der Waals surface area contributed by atoms with Crippen LogP contribution in [0.1, 0.15) is 5.76 Å². The highest BCUT2D eigenvalue weighted by Gasteiger charge is 2.10. The minimum Gasteiger partial charge on any atom is -0.467 e. The first kappa shape index (κ1) is 14.0. The van der Waals surface area contributed by atoms with Gasteiger partial charge in [0.1, 0.15) is 11.3 Å². The number of hydrogen-bond acceptors (Lipinski definition) is 5. The third kappa shape index (κ3) is 3.59. The number of oxazole rings is 1. The van der Waals surface area contributed by atoms with Crippen LogP contribution in [0, 0.1) is 0 Å². The van der Waals surface area contributed by atoms with E-state index in [4.69, 9.17) is 20.4 Å². The van der Waals surface area contributed by atoms with Gasteiger partial charge in [-0.15, -0.1) is 0 Å². The molecule has 1 N–H and O–H groups in total. The molecule has 0 fully saturated rings. The number of aromatic nitrogens is 1. The van der Waals surface area contributed by atoms with Gasteiger partial charge in [0.15, 0.2) is 5.58 Å². The maximum atomic E-state index is 11.7. The SMILES string of the molecule is O=C(CSc1nc2cc(Cl)ccc2o1)NCc1ccco1. The largest absolute Gasteiger partial charge is 0.467 e. The molecule has 3 rings (SSSR count). The van der Waals surface area contributed by atoms with Gasteiger partial charge in [-0.05, 0) is 30.3 Å². The van der Waals surface area contributed by atoms with Crippen molar-refractivity contribution in [1.82, 2.24) is 10.3 Å². The molecule has 108 valence electrons. The van der Waals surface area contributed by atoms with E-state index in [1.165, 1.54) is 11.8 Å². The van der Waals surface area contributed by atoms with Crippen LogP contribution in [-0.4, -0.2) is 16.6 Å². The van der Waals surface area contributed by atoms with Gasteiger partial charge >= 0.3 is 0 Å². The lowest BCUT2D eigenvalue weighted by Gasteiger charge is -2.00. The molecule has 0 bridgehead atoms. The van der Waals surface area contributed by atoms with Gasteiger partial charge in [-0.3, -0.25) is 4.79 Å². The number of furan rings is 1. The predicted octanol–water partition coefficient (Wildman–Crippen LogP) is 3.48. The van der Waals surface area contributed by atoms with Crippen LogP contribution in [0.15, 0.2) is 50.7 Å². The fraction of sp³-hybridized carbons (Fsp3) is 0.143. The Hall–Kier alpha value is -1.92. The fourth-order valence-electron chi connectivity index (χ4n) is 1.72. The minimum absolute atomic E-state index is 0.114. The third-order valence-corrected chi connectivity index (χ3v) is 3.76. The highest BCUT2D eigenvalue weighted by molar-refractivity contribution is 7.99. The van der Waals surface area contributed by atoms with E-state index in [-0.39, 0.29) is 11.7 Å². The van der Waals surface area contributed by atoms with Crippen molar-refractivity contribution in [2.75, 3.05) is 5.75 Å². The first-order valence-electron chi connectivity index (χ1n) is 6.19. The second kappa shape index (κ2) is 6.24. The summed E-state index contributed by atoms with van der Waals surface area (Å²) in [5.74, 6) is 0.822. The Labute approximate surface area is 129 Å². The summed E-state index contributed by atoms with van der Waals surface area (Å²) in [6.07, 6.45) is 1.57. The van der Waals surface area contributed by atoms with E-state index in [9.17, 15) is 4.79 Å². The Bertz CT molecular complexity index is 755. The number of hydrogen-bond donors (Lipinski definition) is 1. The molecule has 2 heterocycles. The van der Waals surface area contributed by atoms with Gasteiger partial charge in [-0.25, -0.2) is 4.98 Å². The van der Waals surface area contributed by atoms with Gasteiger partial charge in [0.25, 0.3) is 5.22 Å². The van der Waals surface area contributed by atoms with Gasteiger partial charge in [0, 0.05) is 5.02 Å². The van der Waals surface area contributed by atoms with E-state index in [0.29, 0.717) is 33.7 Å². The van der Waals surface area contributed by atoms with E-state index in [2.05, 4.69) is 10.3 Å². The average molecular weight is 323 g/mol. The predicted molar refractivity (Wildman–Crippen MR) is 80.3 cm³/mol. The van der Waals surface area contributed by atoms with E-state index in [1.807, 2.05) is 0 Å². The van der Waals surface area contributed by atoms with E-state index < -0.39 is 0 Å². The van der Waals surface area contributed by atoms with Crippen molar-refractivity contribution in [3.63, 3.8) is 0 Å². The van der Waals surface area contributed by atoms with Gasteiger partial charge in [-0.2, -0.15) is 0 Å². The summed E-state index contributed by atoms with van der Waals surface area (Å²) in [6.45, 7) is 0.371. The molecule has 0 unspecified atom stereocenters. The lowest BCUT2D eigenvalue weighted by atomic mass is 10.3. The third-order valence-electron chi connectivity index (χ3n) is 2.70. The van der Waals surface area contributed by atoms with Crippen LogP contribution in [0.25, 0.3) is 11.1 Å². The summed E-state index contributed by atoms with van der Waals surface area (Å²) >= 11 is 7.12. The van der Waals surface area contributed by atoms with Crippen molar-refractivity contribution in [1.29, 1.82) is 0 Å². The molecule has 0 saturated carbocycles. The molecular weight excluding hydrogens is 312 g/mol. The molecule has 1 aromatic carbocycles. The number of carbonyl (C=O) groups excluding carboxylic acids is 1. The molecule has 0 radical (unpaired) electrons. The number of fused-ring (bicyclic) bond motifs is 1. The van der Waals surface area contributed by atoms with Crippen molar-refractivity contribution in [2.45, 2.75) is 11.8 Å². The molecule has 0 spiro atoms. The summed E-state index contributed by atoms with van der Waals surface area (Å²) in [7, 11) is 0. The number of rotatable bonds is 5. The molecule has 0 saturated heterocycles. The maximum absolute atomic E-state index is 11.7. The first-order valence-corrected chi connectivity index (χ1v) is 7.55. The lowest BCUT2D eigenvalue weighted by Crippen LogP contribution is -2.24. The number of nitrogens with zero attached hydrogens (tertiary/aromatic N) is 1. The zero-order chi connectivity index (χ0) is 14.7. The number of benzene rings is 1. The Kier molecular flexibility index (Phi) is 4.17. The maximum Gasteiger partial charge on any atom is 0.257 e. The molecule has 1 amide bonds. The van der Waals surface area contributed by atoms with E-state index >= 15 is 0 Å². The Morgan fingerprint density at radius 2 is 2.29 bits per heavy atom. The van der Waals surface area contributed by atoms with Crippen LogP contribution in [0.4, 0.5) is 0 Å². The minimum atomic E-state index is -0.114. The van der Waals surface area contributed by atoms with Crippen molar-refractivity contribution < 1.29 is 13.6 Å². The topological polar surface area (TPSA) is 68.3 Å². The Morgan fingerprint density at radius 3 is 3.10 bits per heavy atom. The van der Waals surface area contributed by atoms with Crippen molar-refractivity contribution in [3.05, 3.63) is 47.4 Å². The smallest absolute Gasteiger partial charge is 0.257 e. The summed E-state index contributed by atoms with van der Waals surface area (Å²) in [4.78, 5) is 16.0. The molecular formula is C14H11ClN2O3S. The van der Waals surface area contributed by atoms with Crippen molar-refractivity contribution in [2.24, 2.45) is 0 Å². The van der Waals surface area contributed by atoms with E-state index in [1.54, 1.807) is 36.6 Å². The van der Waals surface area contributed by atoms with Crippen LogP contribution in [-0.2, 0) is 11.3 Å². The number of nitrogens with one attached hydrogen (secondary N) is 1. The van der Waals surface area contributed by atoms with Crippen molar-refractivity contribution in [3.8, 4) is 0 Å². The second-order valence-electron chi connectivity index (χ2n) is 4.24. The number of halogens is 1.